The molecular formula is C16H25NO2. The van der Waals surface area contributed by atoms with Crippen molar-refractivity contribution in [2.24, 2.45) is 0 Å². The molecule has 0 saturated heterocycles. The summed E-state index contributed by atoms with van der Waals surface area (Å²) in [5, 5.41) is 8.55. The smallest absolute Gasteiger partial charge is 0.303 e. The molecule has 1 aromatic carbocycles. The summed E-state index contributed by atoms with van der Waals surface area (Å²) in [6, 6.07) is 10.5. The Bertz CT molecular complexity index is 351. The van der Waals surface area contributed by atoms with Crippen LogP contribution >= 0.6 is 0 Å². The van der Waals surface area contributed by atoms with Gasteiger partial charge in [0.2, 0.25) is 0 Å². The van der Waals surface area contributed by atoms with Crippen molar-refractivity contribution in [3.8, 4) is 0 Å². The molecule has 19 heavy (non-hydrogen) atoms. The van der Waals surface area contributed by atoms with Crippen LogP contribution in [0.1, 0.15) is 44.6 Å². The highest BCUT2D eigenvalue weighted by Crippen LogP contribution is 2.08. The van der Waals surface area contributed by atoms with Crippen molar-refractivity contribution < 1.29 is 9.90 Å². The van der Waals surface area contributed by atoms with Gasteiger partial charge in [-0.2, -0.15) is 0 Å². The minimum atomic E-state index is -0.681. The maximum atomic E-state index is 10.4. The zero-order valence-electron chi connectivity index (χ0n) is 11.8. The number of rotatable bonds is 10. The van der Waals surface area contributed by atoms with Crippen LogP contribution in [0.4, 0.5) is 0 Å². The van der Waals surface area contributed by atoms with E-state index in [1.165, 1.54) is 5.56 Å². The lowest BCUT2D eigenvalue weighted by atomic mass is 10.1. The Hall–Kier alpha value is -1.35. The van der Waals surface area contributed by atoms with Gasteiger partial charge in [0.05, 0.1) is 0 Å². The first kappa shape index (κ1) is 15.7. The topological polar surface area (TPSA) is 40.5 Å². The summed E-state index contributed by atoms with van der Waals surface area (Å²) in [5.41, 5.74) is 1.36. The van der Waals surface area contributed by atoms with Gasteiger partial charge in [0.15, 0.2) is 0 Å². The van der Waals surface area contributed by atoms with Crippen molar-refractivity contribution >= 4 is 5.97 Å². The molecule has 0 heterocycles. The van der Waals surface area contributed by atoms with Crippen molar-refractivity contribution in [3.63, 3.8) is 0 Å². The average molecular weight is 263 g/mol. The van der Waals surface area contributed by atoms with Crippen LogP contribution in [0, 0.1) is 0 Å². The standard InChI is InChI=1S/C16H25NO2/c1-2-17(14-15-10-6-5-7-11-15)13-9-4-3-8-12-16(18)19/h5-7,10-11H,2-4,8-9,12-14H2,1H3,(H,18,19). The van der Waals surface area contributed by atoms with Gasteiger partial charge in [0.1, 0.15) is 0 Å². The third-order valence-corrected chi connectivity index (χ3v) is 3.31. The van der Waals surface area contributed by atoms with Crippen LogP contribution in [0.25, 0.3) is 0 Å². The second kappa shape index (κ2) is 9.56. The molecule has 106 valence electrons. The molecule has 0 amide bonds. The Morgan fingerprint density at radius 3 is 2.42 bits per heavy atom. The second-order valence-electron chi connectivity index (χ2n) is 4.91. The van der Waals surface area contributed by atoms with Crippen LogP contribution in [0.3, 0.4) is 0 Å². The highest BCUT2D eigenvalue weighted by molar-refractivity contribution is 5.66. The van der Waals surface area contributed by atoms with E-state index in [1.807, 2.05) is 6.07 Å². The summed E-state index contributed by atoms with van der Waals surface area (Å²) in [6.07, 6.45) is 4.41. The van der Waals surface area contributed by atoms with Crippen LogP contribution < -0.4 is 0 Å². The van der Waals surface area contributed by atoms with Gasteiger partial charge in [0.25, 0.3) is 0 Å². The maximum absolute atomic E-state index is 10.4. The molecule has 0 saturated carbocycles. The first-order chi connectivity index (χ1) is 9.22. The van der Waals surface area contributed by atoms with Gasteiger partial charge in [-0.05, 0) is 31.5 Å². The van der Waals surface area contributed by atoms with Gasteiger partial charge in [-0.1, -0.05) is 50.1 Å². The fourth-order valence-corrected chi connectivity index (χ4v) is 2.16. The molecule has 0 aliphatic rings. The van der Waals surface area contributed by atoms with Crippen molar-refractivity contribution in [1.82, 2.24) is 4.90 Å². The molecule has 1 rings (SSSR count). The normalized spacial score (nSPS) is 10.8. The fourth-order valence-electron chi connectivity index (χ4n) is 2.16. The van der Waals surface area contributed by atoms with E-state index in [2.05, 4.69) is 36.1 Å². The van der Waals surface area contributed by atoms with E-state index >= 15 is 0 Å². The molecule has 0 radical (unpaired) electrons. The Labute approximate surface area is 116 Å². The molecule has 0 aliphatic carbocycles. The third-order valence-electron chi connectivity index (χ3n) is 3.31. The molecule has 0 aromatic heterocycles. The zero-order chi connectivity index (χ0) is 13.9. The predicted molar refractivity (Wildman–Crippen MR) is 78.1 cm³/mol. The summed E-state index contributed by atoms with van der Waals surface area (Å²) in [4.78, 5) is 12.8. The SMILES string of the molecule is CCN(CCCCCCC(=O)O)Cc1ccccc1. The molecule has 1 N–H and O–H groups in total. The fraction of sp³-hybridized carbons (Fsp3) is 0.562. The number of carboxylic acid groups (broad SMARTS) is 1. The third kappa shape index (κ3) is 7.62. The van der Waals surface area contributed by atoms with E-state index in [-0.39, 0.29) is 0 Å². The minimum Gasteiger partial charge on any atom is -0.481 e. The lowest BCUT2D eigenvalue weighted by Gasteiger charge is -2.20. The van der Waals surface area contributed by atoms with Crippen molar-refractivity contribution in [2.45, 2.75) is 45.6 Å². The first-order valence-corrected chi connectivity index (χ1v) is 7.20. The van der Waals surface area contributed by atoms with E-state index in [9.17, 15) is 4.79 Å². The number of hydrogen-bond acceptors (Lipinski definition) is 2. The highest BCUT2D eigenvalue weighted by atomic mass is 16.4. The molecule has 3 nitrogen and oxygen atoms in total. The van der Waals surface area contributed by atoms with Gasteiger partial charge in [-0.15, -0.1) is 0 Å². The Balaban J connectivity index is 2.13. The van der Waals surface area contributed by atoms with Crippen LogP contribution in [-0.4, -0.2) is 29.1 Å². The summed E-state index contributed by atoms with van der Waals surface area (Å²) in [6.45, 7) is 5.35. The first-order valence-electron chi connectivity index (χ1n) is 7.20. The van der Waals surface area contributed by atoms with E-state index in [0.717, 1.165) is 45.3 Å². The quantitative estimate of drug-likeness (QED) is 0.656. The van der Waals surface area contributed by atoms with Gasteiger partial charge in [0, 0.05) is 13.0 Å². The number of carbonyl (C=O) groups is 1. The Kier molecular flexibility index (Phi) is 7.91. The van der Waals surface area contributed by atoms with Crippen LogP contribution in [0.5, 0.6) is 0 Å². The molecular weight excluding hydrogens is 238 g/mol. The number of benzene rings is 1. The molecule has 0 unspecified atom stereocenters. The van der Waals surface area contributed by atoms with Gasteiger partial charge in [-0.3, -0.25) is 9.69 Å². The van der Waals surface area contributed by atoms with Crippen molar-refractivity contribution in [1.29, 1.82) is 0 Å². The monoisotopic (exact) mass is 263 g/mol. The van der Waals surface area contributed by atoms with E-state index in [4.69, 9.17) is 5.11 Å². The summed E-state index contributed by atoms with van der Waals surface area (Å²) in [5.74, 6) is -0.681. The molecule has 0 aliphatic heterocycles. The summed E-state index contributed by atoms with van der Waals surface area (Å²) in [7, 11) is 0. The number of unbranched alkanes of at least 4 members (excludes halogenated alkanes) is 3. The minimum absolute atomic E-state index is 0.307. The molecule has 3 heteroatoms. The number of aliphatic carboxylic acids is 1. The average Bonchev–Trinajstić information content (AvgIpc) is 2.42. The Morgan fingerprint density at radius 1 is 1.11 bits per heavy atom. The van der Waals surface area contributed by atoms with E-state index in [1.54, 1.807) is 0 Å². The molecule has 0 fully saturated rings. The van der Waals surface area contributed by atoms with Crippen molar-refractivity contribution in [2.75, 3.05) is 13.1 Å². The van der Waals surface area contributed by atoms with Crippen LogP contribution in [0.2, 0.25) is 0 Å². The van der Waals surface area contributed by atoms with Crippen LogP contribution in [0.15, 0.2) is 30.3 Å². The predicted octanol–water partition coefficient (Wildman–Crippen LogP) is 3.54. The lowest BCUT2D eigenvalue weighted by molar-refractivity contribution is -0.137. The Morgan fingerprint density at radius 2 is 1.79 bits per heavy atom. The lowest BCUT2D eigenvalue weighted by Crippen LogP contribution is -2.23. The van der Waals surface area contributed by atoms with Crippen molar-refractivity contribution in [3.05, 3.63) is 35.9 Å². The number of nitrogens with zero attached hydrogens (tertiary/aromatic N) is 1. The zero-order valence-corrected chi connectivity index (χ0v) is 11.8. The molecule has 0 spiro atoms. The van der Waals surface area contributed by atoms with E-state index in [0.29, 0.717) is 6.42 Å². The van der Waals surface area contributed by atoms with Gasteiger partial charge >= 0.3 is 5.97 Å². The number of carboxylic acids is 1. The molecule has 1 aromatic rings. The van der Waals surface area contributed by atoms with Gasteiger partial charge in [-0.25, -0.2) is 0 Å². The van der Waals surface area contributed by atoms with Gasteiger partial charge < -0.3 is 5.11 Å². The van der Waals surface area contributed by atoms with E-state index < -0.39 is 5.97 Å². The van der Waals surface area contributed by atoms with Crippen LogP contribution in [-0.2, 0) is 11.3 Å². The highest BCUT2D eigenvalue weighted by Gasteiger charge is 2.03. The summed E-state index contributed by atoms with van der Waals surface area (Å²) < 4.78 is 0. The second-order valence-corrected chi connectivity index (χ2v) is 4.91. The molecule has 0 bridgehead atoms. The largest absolute Gasteiger partial charge is 0.481 e. The summed E-state index contributed by atoms with van der Waals surface area (Å²) >= 11 is 0. The molecule has 0 atom stereocenters. The maximum Gasteiger partial charge on any atom is 0.303 e. The number of hydrogen-bond donors (Lipinski definition) is 1.